The summed E-state index contributed by atoms with van der Waals surface area (Å²) in [6, 6.07) is 19.2. The van der Waals surface area contributed by atoms with Crippen LogP contribution in [0.1, 0.15) is 19.4 Å². The Morgan fingerprint density at radius 3 is 2.00 bits per heavy atom. The fraction of sp³-hybridized carbons (Fsp3) is 0.154. The van der Waals surface area contributed by atoms with Crippen LogP contribution in [0.5, 0.6) is 11.5 Å². The van der Waals surface area contributed by atoms with Crippen molar-refractivity contribution in [1.82, 2.24) is 0 Å². The van der Waals surface area contributed by atoms with Crippen LogP contribution in [0.2, 0.25) is 0 Å². The van der Waals surface area contributed by atoms with E-state index in [1.165, 1.54) is 24.3 Å². The van der Waals surface area contributed by atoms with E-state index in [1.807, 2.05) is 13.8 Å². The van der Waals surface area contributed by atoms with E-state index in [-0.39, 0.29) is 17.4 Å². The first kappa shape index (κ1) is 22.1. The van der Waals surface area contributed by atoms with E-state index in [2.05, 4.69) is 5.32 Å². The maximum Gasteiger partial charge on any atom is 0.282 e. The molecule has 1 aliphatic rings. The van der Waals surface area contributed by atoms with Gasteiger partial charge in [-0.25, -0.2) is 9.29 Å². The Hall–Kier alpha value is -4.13. The molecule has 7 heteroatoms. The number of nitrogens with zero attached hydrogens (tertiary/aromatic N) is 1. The highest BCUT2D eigenvalue weighted by Gasteiger charge is 2.40. The number of amides is 2. The zero-order valence-electron chi connectivity index (χ0n) is 18.5. The van der Waals surface area contributed by atoms with Gasteiger partial charge in [-0.05, 0) is 80.1 Å². The second-order valence-electron chi connectivity index (χ2n) is 7.72. The van der Waals surface area contributed by atoms with Crippen molar-refractivity contribution in [2.45, 2.75) is 20.0 Å². The largest absolute Gasteiger partial charge is 0.497 e. The molecule has 0 aromatic heterocycles. The topological polar surface area (TPSA) is 67.9 Å². The molecule has 1 N–H and O–H groups in total. The number of ether oxygens (including phenoxy) is 2. The highest BCUT2D eigenvalue weighted by atomic mass is 19.1. The number of methoxy groups -OCH3 is 1. The Labute approximate surface area is 191 Å². The molecule has 3 aromatic rings. The van der Waals surface area contributed by atoms with Crippen LogP contribution in [0.3, 0.4) is 0 Å². The molecule has 1 heterocycles. The maximum atomic E-state index is 13.5. The van der Waals surface area contributed by atoms with Gasteiger partial charge in [0.15, 0.2) is 0 Å². The summed E-state index contributed by atoms with van der Waals surface area (Å²) in [6.07, 6.45) is -0.00190. The van der Waals surface area contributed by atoms with Gasteiger partial charge in [0.2, 0.25) is 0 Å². The first-order valence-corrected chi connectivity index (χ1v) is 10.4. The van der Waals surface area contributed by atoms with E-state index in [0.717, 1.165) is 4.90 Å². The first-order chi connectivity index (χ1) is 15.9. The van der Waals surface area contributed by atoms with Crippen LogP contribution in [0.25, 0.3) is 5.57 Å². The summed E-state index contributed by atoms with van der Waals surface area (Å²) < 4.78 is 24.3. The summed E-state index contributed by atoms with van der Waals surface area (Å²) >= 11 is 0. The number of nitrogens with one attached hydrogen (secondary N) is 1. The van der Waals surface area contributed by atoms with Crippen LogP contribution in [0, 0.1) is 5.82 Å². The van der Waals surface area contributed by atoms with E-state index in [0.29, 0.717) is 28.4 Å². The Bertz CT molecular complexity index is 1200. The first-order valence-electron chi connectivity index (χ1n) is 10.4. The van der Waals surface area contributed by atoms with Crippen molar-refractivity contribution in [2.24, 2.45) is 0 Å². The third-order valence-electron chi connectivity index (χ3n) is 5.04. The standard InChI is InChI=1S/C26H23FN2O4/c1-16(2)33-22-14-10-20(11-15-22)29-25(30)23(17-4-6-18(27)7-5-17)24(26(29)31)28-19-8-12-21(32-3)13-9-19/h4-16,28H,1-3H3. The molecule has 0 saturated heterocycles. The number of imide groups is 1. The van der Waals surface area contributed by atoms with E-state index in [1.54, 1.807) is 55.6 Å². The van der Waals surface area contributed by atoms with Gasteiger partial charge in [-0.15, -0.1) is 0 Å². The Morgan fingerprint density at radius 1 is 0.818 bits per heavy atom. The molecule has 0 spiro atoms. The van der Waals surface area contributed by atoms with Crippen molar-refractivity contribution in [3.63, 3.8) is 0 Å². The van der Waals surface area contributed by atoms with Crippen LogP contribution >= 0.6 is 0 Å². The van der Waals surface area contributed by atoms with Crippen LogP contribution in [-0.4, -0.2) is 25.0 Å². The zero-order chi connectivity index (χ0) is 23.5. The second kappa shape index (κ2) is 9.16. The summed E-state index contributed by atoms with van der Waals surface area (Å²) in [5.74, 6) is -0.144. The molecule has 6 nitrogen and oxygen atoms in total. The van der Waals surface area contributed by atoms with Gasteiger partial charge in [-0.2, -0.15) is 0 Å². The monoisotopic (exact) mass is 446 g/mol. The summed E-state index contributed by atoms with van der Waals surface area (Å²) in [5.41, 5.74) is 1.73. The molecule has 168 valence electrons. The van der Waals surface area contributed by atoms with Crippen LogP contribution < -0.4 is 19.7 Å². The molecule has 0 bridgehead atoms. The van der Waals surface area contributed by atoms with Crippen molar-refractivity contribution in [3.8, 4) is 11.5 Å². The molecular formula is C26H23FN2O4. The Morgan fingerprint density at radius 2 is 1.42 bits per heavy atom. The van der Waals surface area contributed by atoms with Gasteiger partial charge in [-0.1, -0.05) is 12.1 Å². The van der Waals surface area contributed by atoms with Crippen LogP contribution in [0.15, 0.2) is 78.5 Å². The molecule has 33 heavy (non-hydrogen) atoms. The molecule has 4 rings (SSSR count). The summed E-state index contributed by atoms with van der Waals surface area (Å²) in [6.45, 7) is 3.83. The molecule has 3 aromatic carbocycles. The van der Waals surface area contributed by atoms with Crippen molar-refractivity contribution in [1.29, 1.82) is 0 Å². The van der Waals surface area contributed by atoms with E-state index >= 15 is 0 Å². The fourth-order valence-corrected chi connectivity index (χ4v) is 3.53. The number of benzene rings is 3. The van der Waals surface area contributed by atoms with Gasteiger partial charge in [0.05, 0.1) is 24.5 Å². The normalized spacial score (nSPS) is 13.7. The smallest absolute Gasteiger partial charge is 0.282 e. The lowest BCUT2D eigenvalue weighted by Crippen LogP contribution is -2.32. The summed E-state index contributed by atoms with van der Waals surface area (Å²) in [5, 5.41) is 3.07. The SMILES string of the molecule is COc1ccc(NC2=C(c3ccc(F)cc3)C(=O)N(c3ccc(OC(C)C)cc3)C2=O)cc1. The minimum atomic E-state index is -0.507. The van der Waals surface area contributed by atoms with E-state index in [9.17, 15) is 14.0 Å². The van der Waals surface area contributed by atoms with E-state index < -0.39 is 17.6 Å². The Balaban J connectivity index is 1.72. The maximum absolute atomic E-state index is 13.5. The minimum Gasteiger partial charge on any atom is -0.497 e. The van der Waals surface area contributed by atoms with E-state index in [4.69, 9.17) is 9.47 Å². The number of carbonyl (C=O) groups is 2. The van der Waals surface area contributed by atoms with Crippen LogP contribution in [0.4, 0.5) is 15.8 Å². The average molecular weight is 446 g/mol. The van der Waals surface area contributed by atoms with Gasteiger partial charge >= 0.3 is 0 Å². The number of hydrogen-bond acceptors (Lipinski definition) is 5. The summed E-state index contributed by atoms with van der Waals surface area (Å²) in [4.78, 5) is 27.9. The van der Waals surface area contributed by atoms with Gasteiger partial charge < -0.3 is 14.8 Å². The van der Waals surface area contributed by atoms with Crippen molar-refractivity contribution in [2.75, 3.05) is 17.3 Å². The van der Waals surface area contributed by atoms with Gasteiger partial charge in [0.25, 0.3) is 11.8 Å². The molecule has 2 amide bonds. The lowest BCUT2D eigenvalue weighted by Gasteiger charge is -2.17. The fourth-order valence-electron chi connectivity index (χ4n) is 3.53. The molecule has 0 aliphatic carbocycles. The van der Waals surface area contributed by atoms with Gasteiger partial charge in [-0.3, -0.25) is 9.59 Å². The third kappa shape index (κ3) is 4.57. The number of anilines is 2. The average Bonchev–Trinajstić information content (AvgIpc) is 3.04. The van der Waals surface area contributed by atoms with Crippen molar-refractivity contribution < 1.29 is 23.5 Å². The Kier molecular flexibility index (Phi) is 6.13. The van der Waals surface area contributed by atoms with Crippen LogP contribution in [-0.2, 0) is 9.59 Å². The highest BCUT2D eigenvalue weighted by Crippen LogP contribution is 2.34. The van der Waals surface area contributed by atoms with Gasteiger partial charge in [0, 0.05) is 5.69 Å². The number of halogens is 1. The number of rotatable bonds is 7. The lowest BCUT2D eigenvalue weighted by molar-refractivity contribution is -0.120. The zero-order valence-corrected chi connectivity index (χ0v) is 18.5. The molecule has 0 saturated carbocycles. The molecule has 0 fully saturated rings. The predicted molar refractivity (Wildman–Crippen MR) is 125 cm³/mol. The van der Waals surface area contributed by atoms with Gasteiger partial charge in [0.1, 0.15) is 23.0 Å². The quantitative estimate of drug-likeness (QED) is 0.517. The molecule has 0 atom stereocenters. The third-order valence-corrected chi connectivity index (χ3v) is 5.04. The molecule has 1 aliphatic heterocycles. The van der Waals surface area contributed by atoms with Crippen molar-refractivity contribution >= 4 is 28.8 Å². The number of carbonyl (C=O) groups excluding carboxylic acids is 2. The van der Waals surface area contributed by atoms with Crippen molar-refractivity contribution in [3.05, 3.63) is 89.9 Å². The molecule has 0 radical (unpaired) electrons. The minimum absolute atomic E-state index is 0.00190. The number of hydrogen-bond donors (Lipinski definition) is 1. The highest BCUT2D eigenvalue weighted by molar-refractivity contribution is 6.46. The lowest BCUT2D eigenvalue weighted by atomic mass is 10.0. The second-order valence-corrected chi connectivity index (χ2v) is 7.72. The summed E-state index contributed by atoms with van der Waals surface area (Å²) in [7, 11) is 1.56. The molecular weight excluding hydrogens is 423 g/mol. The predicted octanol–water partition coefficient (Wildman–Crippen LogP) is 5.02. The molecule has 0 unspecified atom stereocenters.